The molecular weight excluding hydrogens is 828 g/mol. The monoisotopic (exact) mass is 898 g/mol. The zero-order valence-corrected chi connectivity index (χ0v) is 36.8. The average molecular weight is 899 g/mol. The third kappa shape index (κ3) is 9.15. The third-order valence-corrected chi connectivity index (χ3v) is 16.0. The Morgan fingerprint density at radius 2 is 1.38 bits per heavy atom. The van der Waals surface area contributed by atoms with Gasteiger partial charge in [-0.15, -0.1) is 0 Å². The van der Waals surface area contributed by atoms with Gasteiger partial charge in [-0.1, -0.05) is 32.4 Å². The summed E-state index contributed by atoms with van der Waals surface area (Å²) in [6, 6.07) is 0. The van der Waals surface area contributed by atoms with E-state index in [1.165, 1.54) is 12.5 Å². The highest BCUT2D eigenvalue weighted by atomic mass is 16.8. The van der Waals surface area contributed by atoms with Gasteiger partial charge in [-0.3, -0.25) is 9.59 Å². The minimum Gasteiger partial charge on any atom is -0.394 e. The summed E-state index contributed by atoms with van der Waals surface area (Å²) in [6.07, 6.45) is -13.8. The summed E-state index contributed by atoms with van der Waals surface area (Å²) < 4.78 is 35.1. The van der Waals surface area contributed by atoms with Gasteiger partial charge >= 0.3 is 0 Å². The van der Waals surface area contributed by atoms with Gasteiger partial charge < -0.3 is 79.5 Å². The number of carbonyl (C=O) groups excluding carboxylic acids is 2. The van der Waals surface area contributed by atoms with Crippen molar-refractivity contribution in [2.24, 2.45) is 34.5 Å². The molecule has 7 rings (SSSR count). The molecule has 3 aliphatic heterocycles. The molecule has 358 valence electrons. The summed E-state index contributed by atoms with van der Waals surface area (Å²) in [7, 11) is 0. The van der Waals surface area contributed by atoms with Crippen LogP contribution in [0.1, 0.15) is 92.4 Å². The fraction of sp³-hybridized carbons (Fsp3) is 0.867. The summed E-state index contributed by atoms with van der Waals surface area (Å²) >= 11 is 0. The normalized spacial score (nSPS) is 49.0. The number of aliphatic hydroxyl groups excluding tert-OH is 10. The first kappa shape index (κ1) is 49.1. The number of fused-ring (bicyclic) bond motifs is 5. The van der Waals surface area contributed by atoms with Crippen LogP contribution in [0.4, 0.5) is 0 Å². The molecule has 4 aliphatic carbocycles. The van der Waals surface area contributed by atoms with Crippen molar-refractivity contribution in [3.05, 3.63) is 22.8 Å². The van der Waals surface area contributed by atoms with Crippen molar-refractivity contribution in [1.29, 1.82) is 0 Å². The van der Waals surface area contributed by atoms with Crippen LogP contribution < -0.4 is 0 Å². The molecule has 4 unspecified atom stereocenters. The second-order valence-corrected chi connectivity index (χ2v) is 19.9. The SMILES string of the molecule is C/C(C(=O)CCC(C)CO[C@@H]1O[C@H](CO)[C@@H](O)[C@H](O)[C@H]1O)=C1/C(=O)CC2C3CC=C4C[C@@H](O[C@@H]5O[C@H](CO)[C@@H](O)[C@H](O)[C@H]5O[C@@H]5O[C@@H](C)[C@H](O)[C@@H](O)[C@H]5O)CC[C@]4(C)C3CC[C@]12C. The molecule has 6 fully saturated rings. The molecule has 0 aromatic rings. The van der Waals surface area contributed by atoms with Crippen molar-refractivity contribution >= 4 is 11.6 Å². The summed E-state index contributed by atoms with van der Waals surface area (Å²) in [6.45, 7) is 8.48. The van der Waals surface area contributed by atoms with E-state index in [4.69, 9.17) is 28.4 Å². The van der Waals surface area contributed by atoms with Crippen LogP contribution in [0.2, 0.25) is 0 Å². The molecule has 3 saturated heterocycles. The fourth-order valence-corrected chi connectivity index (χ4v) is 12.0. The molecule has 3 heterocycles. The van der Waals surface area contributed by atoms with Crippen LogP contribution in [-0.4, -0.2) is 181 Å². The lowest BCUT2D eigenvalue weighted by Crippen LogP contribution is -2.64. The van der Waals surface area contributed by atoms with Crippen LogP contribution in [-0.2, 0) is 38.0 Å². The van der Waals surface area contributed by atoms with Crippen molar-refractivity contribution in [2.45, 2.75) is 191 Å². The first-order valence-corrected chi connectivity index (χ1v) is 22.8. The summed E-state index contributed by atoms with van der Waals surface area (Å²) in [4.78, 5) is 27.7. The minimum absolute atomic E-state index is 0.0223. The van der Waals surface area contributed by atoms with E-state index in [1.54, 1.807) is 6.92 Å². The molecule has 10 N–H and O–H groups in total. The predicted octanol–water partition coefficient (Wildman–Crippen LogP) is -0.716. The molecule has 0 spiro atoms. The Labute approximate surface area is 367 Å². The van der Waals surface area contributed by atoms with Crippen LogP contribution in [0.25, 0.3) is 0 Å². The molecule has 3 saturated carbocycles. The van der Waals surface area contributed by atoms with Crippen LogP contribution in [0.5, 0.6) is 0 Å². The van der Waals surface area contributed by atoms with Crippen molar-refractivity contribution in [3.8, 4) is 0 Å². The Balaban J connectivity index is 0.985. The number of ether oxygens (including phenoxy) is 6. The van der Waals surface area contributed by atoms with E-state index in [0.29, 0.717) is 36.8 Å². The van der Waals surface area contributed by atoms with Gasteiger partial charge in [0.2, 0.25) is 0 Å². The Bertz CT molecular complexity index is 1700. The average Bonchev–Trinajstić information content (AvgIpc) is 3.54. The van der Waals surface area contributed by atoms with E-state index in [1.807, 2.05) is 6.92 Å². The zero-order chi connectivity index (χ0) is 45.9. The number of ketones is 2. The highest BCUT2D eigenvalue weighted by molar-refractivity contribution is 6.08. The Morgan fingerprint density at radius 3 is 2.06 bits per heavy atom. The molecule has 0 aromatic carbocycles. The topological polar surface area (TPSA) is 292 Å². The van der Waals surface area contributed by atoms with Crippen LogP contribution in [0.15, 0.2) is 22.8 Å². The summed E-state index contributed by atoms with van der Waals surface area (Å²) in [5.74, 6) is 0.340. The molecule has 7 aliphatic rings. The molecular formula is C45H70O18. The zero-order valence-electron chi connectivity index (χ0n) is 36.8. The van der Waals surface area contributed by atoms with Crippen LogP contribution in [0, 0.1) is 34.5 Å². The molecule has 63 heavy (non-hydrogen) atoms. The molecule has 0 bridgehead atoms. The Kier molecular flexibility index (Phi) is 15.1. The van der Waals surface area contributed by atoms with Crippen molar-refractivity contribution in [1.82, 2.24) is 0 Å². The smallest absolute Gasteiger partial charge is 0.187 e. The van der Waals surface area contributed by atoms with E-state index < -0.39 is 117 Å². The lowest BCUT2D eigenvalue weighted by molar-refractivity contribution is -0.369. The standard InChI is InChI=1S/C45H70O18/c1-19(18-58-41-38(56)36(54)33(51)29(16-46)61-41)6-9-27(48)20(2)31-28(49)15-26-24-8-7-22-14-23(10-12-44(22,4)25(24)11-13-45(26,31)5)60-43-40(37(55)34(52)30(17-47)62-43)63-42-39(57)35(53)32(50)21(3)59-42/h7,19,21,23-26,29-30,32-43,46-47,50-57H,6,8-18H2,1-5H3/b31-20+/t19?,21-,23-,24?,25?,26?,29+,30+,32-,33+,34+,35+,36-,37-,38+,39+,40+,41+,42-,43+,44-,45-/m0/s1. The molecule has 0 aromatic heterocycles. The van der Waals surface area contributed by atoms with Gasteiger partial charge in [0.1, 0.15) is 67.1 Å². The minimum atomic E-state index is -1.67. The molecule has 22 atom stereocenters. The van der Waals surface area contributed by atoms with Crippen LogP contribution in [0.3, 0.4) is 0 Å². The number of hydrogen-bond acceptors (Lipinski definition) is 18. The van der Waals surface area contributed by atoms with E-state index >= 15 is 0 Å². The predicted molar refractivity (Wildman–Crippen MR) is 218 cm³/mol. The van der Waals surface area contributed by atoms with Gasteiger partial charge in [-0.2, -0.15) is 0 Å². The number of aliphatic hydroxyl groups is 10. The van der Waals surface area contributed by atoms with E-state index in [2.05, 4.69) is 19.9 Å². The third-order valence-electron chi connectivity index (χ3n) is 16.0. The molecule has 18 heteroatoms. The highest BCUT2D eigenvalue weighted by Crippen LogP contribution is 2.66. The highest BCUT2D eigenvalue weighted by Gasteiger charge is 2.60. The first-order chi connectivity index (χ1) is 29.7. The summed E-state index contributed by atoms with van der Waals surface area (Å²) in [5, 5.41) is 103. The molecule has 0 radical (unpaired) electrons. The summed E-state index contributed by atoms with van der Waals surface area (Å²) in [5.41, 5.74) is 1.73. The van der Waals surface area contributed by atoms with E-state index in [-0.39, 0.29) is 53.7 Å². The van der Waals surface area contributed by atoms with E-state index in [9.17, 15) is 60.7 Å². The second-order valence-electron chi connectivity index (χ2n) is 19.9. The van der Waals surface area contributed by atoms with Crippen LogP contribution >= 0.6 is 0 Å². The second kappa shape index (κ2) is 19.4. The molecule has 0 amide bonds. The Morgan fingerprint density at radius 1 is 0.762 bits per heavy atom. The maximum absolute atomic E-state index is 13.9. The number of hydrogen-bond donors (Lipinski definition) is 10. The number of carbonyl (C=O) groups is 2. The first-order valence-electron chi connectivity index (χ1n) is 22.8. The van der Waals surface area contributed by atoms with Gasteiger partial charge in [-0.05, 0) is 98.9 Å². The van der Waals surface area contributed by atoms with Gasteiger partial charge in [-0.25, -0.2) is 0 Å². The van der Waals surface area contributed by atoms with Gasteiger partial charge in [0.25, 0.3) is 0 Å². The quantitative estimate of drug-likeness (QED) is 0.0807. The fourth-order valence-electron chi connectivity index (χ4n) is 12.0. The van der Waals surface area contributed by atoms with Gasteiger partial charge in [0, 0.05) is 18.4 Å². The maximum Gasteiger partial charge on any atom is 0.187 e. The van der Waals surface area contributed by atoms with Gasteiger partial charge in [0.15, 0.2) is 30.4 Å². The molecule has 18 nitrogen and oxygen atoms in total. The largest absolute Gasteiger partial charge is 0.394 e. The lowest BCUT2D eigenvalue weighted by atomic mass is 9.47. The van der Waals surface area contributed by atoms with Crippen molar-refractivity contribution in [2.75, 3.05) is 19.8 Å². The van der Waals surface area contributed by atoms with Gasteiger partial charge in [0.05, 0.1) is 32.0 Å². The number of Topliss-reactive ketones (excluding diaryl/α,β-unsaturated/α-hetero) is 2. The van der Waals surface area contributed by atoms with E-state index in [0.717, 1.165) is 25.7 Å². The number of allylic oxidation sites excluding steroid dienone is 3. The number of rotatable bonds is 13. The maximum atomic E-state index is 13.9. The van der Waals surface area contributed by atoms with Crippen molar-refractivity contribution < 1.29 is 89.1 Å². The lowest BCUT2D eigenvalue weighted by Gasteiger charge is -2.57. The Hall–Kier alpha value is -1.82. The van der Waals surface area contributed by atoms with Crippen molar-refractivity contribution in [3.63, 3.8) is 0 Å².